The van der Waals surface area contributed by atoms with E-state index in [2.05, 4.69) is 10.0 Å². The van der Waals surface area contributed by atoms with Crippen LogP contribution in [0.4, 0.5) is 0 Å². The number of hydrogen-bond acceptors (Lipinski definition) is 5. The third kappa shape index (κ3) is 3.56. The zero-order chi connectivity index (χ0) is 12.7. The highest BCUT2D eigenvalue weighted by atomic mass is 32.1. The lowest BCUT2D eigenvalue weighted by Crippen LogP contribution is -2.11. The minimum absolute atomic E-state index is 0.152. The van der Waals surface area contributed by atoms with Crippen LogP contribution in [-0.4, -0.2) is 13.2 Å². The highest BCUT2D eigenvalue weighted by Crippen LogP contribution is 2.49. The standard InChI is InChI=1S/C9H14N3O3PS/c1-3-14-16(13,15-4-2)9-8(5-6-17-9)7-11-12-10/h5-6H,3-4,7H2,1-2H3. The smallest absolute Gasteiger partial charge is 0.305 e. The van der Waals surface area contributed by atoms with Crippen molar-refractivity contribution < 1.29 is 13.6 Å². The van der Waals surface area contributed by atoms with Crippen molar-refractivity contribution in [3.63, 3.8) is 0 Å². The molecule has 0 aliphatic heterocycles. The van der Waals surface area contributed by atoms with Crippen molar-refractivity contribution in [1.29, 1.82) is 0 Å². The molecular weight excluding hydrogens is 261 g/mol. The van der Waals surface area contributed by atoms with Crippen LogP contribution in [0.2, 0.25) is 0 Å². The molecule has 1 aromatic heterocycles. The van der Waals surface area contributed by atoms with Crippen molar-refractivity contribution >= 4 is 23.6 Å². The van der Waals surface area contributed by atoms with Crippen LogP contribution in [0.5, 0.6) is 0 Å². The summed E-state index contributed by atoms with van der Waals surface area (Å²) in [5.74, 6) is 0. The Morgan fingerprint density at radius 1 is 1.47 bits per heavy atom. The highest BCUT2D eigenvalue weighted by Gasteiger charge is 2.30. The average Bonchev–Trinajstić information content (AvgIpc) is 2.75. The lowest BCUT2D eigenvalue weighted by atomic mass is 10.3. The van der Waals surface area contributed by atoms with Gasteiger partial charge in [-0.05, 0) is 36.4 Å². The molecule has 94 valence electrons. The molecule has 0 radical (unpaired) electrons. The van der Waals surface area contributed by atoms with Crippen LogP contribution >= 0.6 is 18.9 Å². The molecule has 1 heterocycles. The molecule has 0 spiro atoms. The van der Waals surface area contributed by atoms with Crippen molar-refractivity contribution in [2.24, 2.45) is 5.11 Å². The zero-order valence-electron chi connectivity index (χ0n) is 9.70. The molecule has 0 aliphatic rings. The van der Waals surface area contributed by atoms with E-state index in [1.807, 2.05) is 0 Å². The van der Waals surface area contributed by atoms with Crippen LogP contribution in [0.3, 0.4) is 0 Å². The second-order valence-corrected chi connectivity index (χ2v) is 6.15. The van der Waals surface area contributed by atoms with Gasteiger partial charge in [-0.2, -0.15) is 0 Å². The van der Waals surface area contributed by atoms with Crippen molar-refractivity contribution in [2.45, 2.75) is 20.4 Å². The van der Waals surface area contributed by atoms with Crippen LogP contribution in [0, 0.1) is 0 Å². The number of hydrogen-bond donors (Lipinski definition) is 0. The second-order valence-electron chi connectivity index (χ2n) is 2.97. The SMILES string of the molecule is CCOP(=O)(OCC)c1sccc1CN=[N+]=[N-]. The summed E-state index contributed by atoms with van der Waals surface area (Å²) in [4.78, 5) is 2.68. The van der Waals surface area contributed by atoms with Gasteiger partial charge in [0.2, 0.25) is 0 Å². The summed E-state index contributed by atoms with van der Waals surface area (Å²) in [6.07, 6.45) is 0. The van der Waals surface area contributed by atoms with E-state index in [-0.39, 0.29) is 6.54 Å². The van der Waals surface area contributed by atoms with E-state index < -0.39 is 7.60 Å². The number of thiophene rings is 1. The lowest BCUT2D eigenvalue weighted by molar-refractivity contribution is 0.230. The molecule has 0 saturated carbocycles. The molecule has 0 fully saturated rings. The maximum Gasteiger partial charge on any atom is 0.371 e. The summed E-state index contributed by atoms with van der Waals surface area (Å²) in [5, 5.41) is 5.24. The van der Waals surface area contributed by atoms with Crippen molar-refractivity contribution in [2.75, 3.05) is 13.2 Å². The Kier molecular flexibility index (Phi) is 5.68. The lowest BCUT2D eigenvalue weighted by Gasteiger charge is -2.16. The Hall–Kier alpha value is -0.840. The quantitative estimate of drug-likeness (QED) is 0.330. The van der Waals surface area contributed by atoms with Crippen molar-refractivity contribution in [3.05, 3.63) is 27.5 Å². The van der Waals surface area contributed by atoms with Gasteiger partial charge in [0.05, 0.1) is 19.8 Å². The average molecular weight is 275 g/mol. The van der Waals surface area contributed by atoms with Crippen LogP contribution in [0.15, 0.2) is 16.6 Å². The first-order valence-electron chi connectivity index (χ1n) is 5.14. The summed E-state index contributed by atoms with van der Waals surface area (Å²) in [5.41, 5.74) is 8.99. The molecule has 0 saturated heterocycles. The van der Waals surface area contributed by atoms with E-state index in [0.717, 1.165) is 0 Å². The van der Waals surface area contributed by atoms with E-state index in [4.69, 9.17) is 14.6 Å². The predicted octanol–water partition coefficient (Wildman–Crippen LogP) is 3.45. The first kappa shape index (κ1) is 14.2. The maximum atomic E-state index is 12.5. The van der Waals surface area contributed by atoms with Gasteiger partial charge in [0.25, 0.3) is 0 Å². The highest BCUT2D eigenvalue weighted by molar-refractivity contribution is 7.68. The molecule has 0 amide bonds. The fourth-order valence-corrected chi connectivity index (χ4v) is 4.44. The largest absolute Gasteiger partial charge is 0.371 e. The Bertz CT molecular complexity index is 446. The maximum absolute atomic E-state index is 12.5. The molecule has 6 nitrogen and oxygen atoms in total. The van der Waals surface area contributed by atoms with Crippen LogP contribution < -0.4 is 4.62 Å². The Balaban J connectivity index is 3.05. The second kappa shape index (κ2) is 6.79. The topological polar surface area (TPSA) is 84.3 Å². The summed E-state index contributed by atoms with van der Waals surface area (Å²) in [6, 6.07) is 1.76. The monoisotopic (exact) mass is 275 g/mol. The zero-order valence-corrected chi connectivity index (χ0v) is 11.4. The fourth-order valence-electron chi connectivity index (χ4n) is 1.29. The summed E-state index contributed by atoms with van der Waals surface area (Å²) >= 11 is 1.29. The number of nitrogens with zero attached hydrogens (tertiary/aromatic N) is 3. The normalized spacial score (nSPS) is 11.2. The molecule has 0 N–H and O–H groups in total. The van der Waals surface area contributed by atoms with E-state index in [1.54, 1.807) is 25.3 Å². The molecular formula is C9H14N3O3PS. The van der Waals surface area contributed by atoms with Gasteiger partial charge in [0.1, 0.15) is 4.62 Å². The van der Waals surface area contributed by atoms with Crippen LogP contribution in [-0.2, 0) is 20.2 Å². The Morgan fingerprint density at radius 3 is 2.65 bits per heavy atom. The minimum Gasteiger partial charge on any atom is -0.305 e. The first-order valence-corrected chi connectivity index (χ1v) is 7.57. The molecule has 1 rings (SSSR count). The Morgan fingerprint density at radius 2 is 2.12 bits per heavy atom. The summed E-state index contributed by atoms with van der Waals surface area (Å²) in [7, 11) is -3.27. The van der Waals surface area contributed by atoms with E-state index in [9.17, 15) is 4.57 Å². The van der Waals surface area contributed by atoms with Gasteiger partial charge in [-0.15, -0.1) is 11.3 Å². The van der Waals surface area contributed by atoms with Crippen molar-refractivity contribution in [1.82, 2.24) is 0 Å². The van der Waals surface area contributed by atoms with Gasteiger partial charge in [-0.3, -0.25) is 4.57 Å². The first-order chi connectivity index (χ1) is 8.18. The molecule has 0 aromatic carbocycles. The third-order valence-corrected chi connectivity index (χ3v) is 5.60. The van der Waals surface area contributed by atoms with E-state index in [1.165, 1.54) is 11.3 Å². The van der Waals surface area contributed by atoms with Gasteiger partial charge in [-0.1, -0.05) is 5.11 Å². The van der Waals surface area contributed by atoms with Gasteiger partial charge in [0, 0.05) is 4.91 Å². The molecule has 17 heavy (non-hydrogen) atoms. The van der Waals surface area contributed by atoms with E-state index >= 15 is 0 Å². The molecule has 0 bridgehead atoms. The van der Waals surface area contributed by atoms with Crippen LogP contribution in [0.1, 0.15) is 19.4 Å². The third-order valence-electron chi connectivity index (χ3n) is 1.87. The molecule has 8 heteroatoms. The minimum atomic E-state index is -3.27. The molecule has 0 unspecified atom stereocenters. The predicted molar refractivity (Wildman–Crippen MR) is 67.7 cm³/mol. The van der Waals surface area contributed by atoms with Crippen molar-refractivity contribution in [3.8, 4) is 0 Å². The molecule has 1 aromatic rings. The Labute approximate surface area is 104 Å². The molecule has 0 atom stereocenters. The number of rotatable bonds is 7. The summed E-state index contributed by atoms with van der Waals surface area (Å²) < 4.78 is 23.5. The van der Waals surface area contributed by atoms with Gasteiger partial charge in [0.15, 0.2) is 0 Å². The van der Waals surface area contributed by atoms with Crippen LogP contribution in [0.25, 0.3) is 10.4 Å². The summed E-state index contributed by atoms with van der Waals surface area (Å²) in [6.45, 7) is 4.27. The molecule has 0 aliphatic carbocycles. The van der Waals surface area contributed by atoms with E-state index in [0.29, 0.717) is 23.4 Å². The van der Waals surface area contributed by atoms with Gasteiger partial charge >= 0.3 is 7.60 Å². The fraction of sp³-hybridized carbons (Fsp3) is 0.556. The van der Waals surface area contributed by atoms with Gasteiger partial charge in [-0.25, -0.2) is 0 Å². The number of azide groups is 1. The van der Waals surface area contributed by atoms with Gasteiger partial charge < -0.3 is 9.05 Å².